The number of fused-ring (bicyclic) bond motifs is 1. The second-order valence-corrected chi connectivity index (χ2v) is 5.94. The molecular weight excluding hydrogens is 372 g/mol. The van der Waals surface area contributed by atoms with Crippen molar-refractivity contribution in [2.24, 2.45) is 0 Å². The number of aliphatic hydroxyl groups is 1. The Hall–Kier alpha value is -2.61. The molecule has 2 nitrogen and oxygen atoms in total. The van der Waals surface area contributed by atoms with Gasteiger partial charge in [-0.2, -0.15) is 26.3 Å². The summed E-state index contributed by atoms with van der Waals surface area (Å²) in [5.41, 5.74) is -3.05. The van der Waals surface area contributed by atoms with Gasteiger partial charge in [-0.05, 0) is 23.3 Å². The Morgan fingerprint density at radius 3 is 2.07 bits per heavy atom. The van der Waals surface area contributed by atoms with Crippen LogP contribution in [0.1, 0.15) is 28.3 Å². The van der Waals surface area contributed by atoms with Crippen LogP contribution in [0.3, 0.4) is 0 Å². The minimum Gasteiger partial charge on any atom is -0.395 e. The quantitative estimate of drug-likeness (QED) is 0.613. The highest BCUT2D eigenvalue weighted by Crippen LogP contribution is 2.40. The van der Waals surface area contributed by atoms with Crippen molar-refractivity contribution in [2.75, 3.05) is 6.61 Å². The predicted octanol–water partition coefficient (Wildman–Crippen LogP) is 5.40. The fourth-order valence-electron chi connectivity index (χ4n) is 3.01. The van der Waals surface area contributed by atoms with Gasteiger partial charge < -0.3 is 5.11 Å². The molecule has 0 aliphatic rings. The molecule has 8 heteroatoms. The largest absolute Gasteiger partial charge is 0.433 e. The van der Waals surface area contributed by atoms with Gasteiger partial charge >= 0.3 is 12.4 Å². The van der Waals surface area contributed by atoms with Gasteiger partial charge in [0.15, 0.2) is 0 Å². The van der Waals surface area contributed by atoms with Crippen molar-refractivity contribution in [2.45, 2.75) is 18.3 Å². The van der Waals surface area contributed by atoms with E-state index in [4.69, 9.17) is 0 Å². The van der Waals surface area contributed by atoms with Crippen molar-refractivity contribution >= 4 is 10.9 Å². The molecule has 27 heavy (non-hydrogen) atoms. The second kappa shape index (κ2) is 6.84. The van der Waals surface area contributed by atoms with E-state index in [9.17, 15) is 31.4 Å². The topological polar surface area (TPSA) is 33.1 Å². The van der Waals surface area contributed by atoms with Gasteiger partial charge in [0.25, 0.3) is 0 Å². The number of pyridine rings is 1. The van der Waals surface area contributed by atoms with Crippen LogP contribution in [0.4, 0.5) is 26.3 Å². The number of aliphatic hydroxyl groups excluding tert-OH is 1. The van der Waals surface area contributed by atoms with Gasteiger partial charge in [0.1, 0.15) is 5.69 Å². The second-order valence-electron chi connectivity index (χ2n) is 5.94. The summed E-state index contributed by atoms with van der Waals surface area (Å²) in [6.07, 6.45) is -9.80. The maximum Gasteiger partial charge on any atom is 0.433 e. The van der Waals surface area contributed by atoms with Crippen molar-refractivity contribution in [1.82, 2.24) is 4.98 Å². The van der Waals surface area contributed by atoms with Gasteiger partial charge in [0, 0.05) is 11.3 Å². The minimum atomic E-state index is -4.93. The lowest BCUT2D eigenvalue weighted by atomic mass is 9.88. The van der Waals surface area contributed by atoms with E-state index in [0.717, 1.165) is 6.07 Å². The molecular formula is C19H13F6NO. The van der Waals surface area contributed by atoms with Crippen LogP contribution in [0.5, 0.6) is 0 Å². The number of hydrogen-bond acceptors (Lipinski definition) is 2. The van der Waals surface area contributed by atoms with Crippen LogP contribution in [-0.2, 0) is 12.4 Å². The lowest BCUT2D eigenvalue weighted by Gasteiger charge is -2.21. The lowest BCUT2D eigenvalue weighted by Crippen LogP contribution is -2.15. The number of rotatable bonds is 3. The molecule has 1 atom stereocenters. The molecule has 0 aliphatic carbocycles. The number of aromatic nitrogens is 1. The van der Waals surface area contributed by atoms with E-state index >= 15 is 0 Å². The van der Waals surface area contributed by atoms with E-state index in [1.807, 2.05) is 0 Å². The van der Waals surface area contributed by atoms with Crippen molar-refractivity contribution in [3.05, 3.63) is 77.0 Å². The van der Waals surface area contributed by atoms with Gasteiger partial charge in [-0.25, -0.2) is 4.98 Å². The zero-order valence-corrected chi connectivity index (χ0v) is 13.6. The summed E-state index contributed by atoms with van der Waals surface area (Å²) in [6.45, 7) is -0.573. The monoisotopic (exact) mass is 385 g/mol. The van der Waals surface area contributed by atoms with Gasteiger partial charge in [0.2, 0.25) is 0 Å². The molecule has 1 aromatic heterocycles. The molecule has 2 aromatic carbocycles. The van der Waals surface area contributed by atoms with E-state index in [1.54, 1.807) is 30.3 Å². The van der Waals surface area contributed by atoms with Crippen molar-refractivity contribution in [3.63, 3.8) is 0 Å². The van der Waals surface area contributed by atoms with Crippen LogP contribution in [0, 0.1) is 0 Å². The summed E-state index contributed by atoms with van der Waals surface area (Å²) in [7, 11) is 0. The first-order valence-corrected chi connectivity index (χ1v) is 7.86. The molecule has 1 heterocycles. The summed E-state index contributed by atoms with van der Waals surface area (Å²) >= 11 is 0. The highest BCUT2D eigenvalue weighted by atomic mass is 19.4. The van der Waals surface area contributed by atoms with Crippen LogP contribution >= 0.6 is 0 Å². The van der Waals surface area contributed by atoms with Crippen molar-refractivity contribution in [1.29, 1.82) is 0 Å². The van der Waals surface area contributed by atoms with Crippen LogP contribution in [-0.4, -0.2) is 16.7 Å². The van der Waals surface area contributed by atoms with E-state index in [2.05, 4.69) is 4.98 Å². The highest BCUT2D eigenvalue weighted by Gasteiger charge is 2.38. The molecule has 0 radical (unpaired) electrons. The molecule has 0 bridgehead atoms. The zero-order valence-electron chi connectivity index (χ0n) is 13.6. The number of alkyl halides is 6. The summed E-state index contributed by atoms with van der Waals surface area (Å²) in [4.78, 5) is 3.26. The van der Waals surface area contributed by atoms with E-state index in [1.165, 1.54) is 6.07 Å². The van der Waals surface area contributed by atoms with E-state index in [0.29, 0.717) is 17.7 Å². The SMILES string of the molecule is OCC(c1ccccc1)c1cc(C(F)(F)F)nc2c(C(F)(F)F)cccc12. The third-order valence-electron chi connectivity index (χ3n) is 4.23. The third-order valence-corrected chi connectivity index (χ3v) is 4.23. The first kappa shape index (κ1) is 19.2. The molecule has 3 rings (SSSR count). The average molecular weight is 385 g/mol. The maximum absolute atomic E-state index is 13.3. The Morgan fingerprint density at radius 1 is 0.852 bits per heavy atom. The number of hydrogen-bond donors (Lipinski definition) is 1. The molecule has 1 N–H and O–H groups in total. The fourth-order valence-corrected chi connectivity index (χ4v) is 3.01. The van der Waals surface area contributed by atoms with Crippen LogP contribution in [0.25, 0.3) is 10.9 Å². The van der Waals surface area contributed by atoms with E-state index in [-0.39, 0.29) is 10.9 Å². The number of nitrogens with zero attached hydrogens (tertiary/aromatic N) is 1. The Morgan fingerprint density at radius 2 is 1.52 bits per heavy atom. The minimum absolute atomic E-state index is 0.0628. The fraction of sp³-hybridized carbons (Fsp3) is 0.211. The number of para-hydroxylation sites is 1. The van der Waals surface area contributed by atoms with Crippen LogP contribution in [0.2, 0.25) is 0 Å². The first-order valence-electron chi connectivity index (χ1n) is 7.86. The number of benzene rings is 2. The standard InChI is InChI=1S/C19H13F6NO/c20-18(21,22)15-8-4-7-12-13(9-16(19(23,24)25)26-17(12)15)14(10-27)11-5-2-1-3-6-11/h1-9,14,27H,10H2. The lowest BCUT2D eigenvalue weighted by molar-refractivity contribution is -0.142. The molecule has 142 valence electrons. The molecule has 0 saturated carbocycles. The van der Waals surface area contributed by atoms with Crippen molar-refractivity contribution < 1.29 is 31.4 Å². The van der Waals surface area contributed by atoms with E-state index < -0.39 is 41.7 Å². The Kier molecular flexibility index (Phi) is 4.86. The van der Waals surface area contributed by atoms with Gasteiger partial charge in [-0.3, -0.25) is 0 Å². The summed E-state index contributed by atoms with van der Waals surface area (Å²) in [6, 6.07) is 11.9. The predicted molar refractivity (Wildman–Crippen MR) is 87.1 cm³/mol. The third kappa shape index (κ3) is 3.75. The van der Waals surface area contributed by atoms with Crippen molar-refractivity contribution in [3.8, 4) is 0 Å². The summed E-state index contributed by atoms with van der Waals surface area (Å²) in [5.74, 6) is -0.929. The maximum atomic E-state index is 13.3. The normalized spacial score (nSPS) is 13.7. The van der Waals surface area contributed by atoms with Gasteiger partial charge in [-0.15, -0.1) is 0 Å². The smallest absolute Gasteiger partial charge is 0.395 e. The Labute approximate surface area is 150 Å². The Balaban J connectivity index is 2.37. The molecule has 3 aromatic rings. The molecule has 0 saturated heterocycles. The van der Waals surface area contributed by atoms with Crippen LogP contribution in [0.15, 0.2) is 54.6 Å². The molecule has 0 fully saturated rings. The van der Waals surface area contributed by atoms with Gasteiger partial charge in [0.05, 0.1) is 17.7 Å². The Bertz CT molecular complexity index is 950. The first-order chi connectivity index (χ1) is 12.6. The highest BCUT2D eigenvalue weighted by molar-refractivity contribution is 5.87. The summed E-state index contributed by atoms with van der Waals surface area (Å²) in [5, 5.41) is 9.71. The van der Waals surface area contributed by atoms with Crippen LogP contribution < -0.4 is 0 Å². The molecule has 0 amide bonds. The zero-order chi connectivity index (χ0) is 19.8. The average Bonchev–Trinajstić information content (AvgIpc) is 2.61. The van der Waals surface area contributed by atoms with Gasteiger partial charge in [-0.1, -0.05) is 42.5 Å². The molecule has 0 spiro atoms. The molecule has 0 aliphatic heterocycles. The molecule has 1 unspecified atom stereocenters. The summed E-state index contributed by atoms with van der Waals surface area (Å²) < 4.78 is 79.8. The number of halogens is 6.